The number of nitrogens with zero attached hydrogens (tertiary/aromatic N) is 6. The van der Waals surface area contributed by atoms with Gasteiger partial charge in [-0.3, -0.25) is 14.4 Å². The van der Waals surface area contributed by atoms with Crippen molar-refractivity contribution < 1.29 is 19.1 Å². The monoisotopic (exact) mass is 495 g/mol. The van der Waals surface area contributed by atoms with Crippen molar-refractivity contribution >= 4 is 23.3 Å². The number of piperazine rings is 1. The molecule has 4 aliphatic rings. The van der Waals surface area contributed by atoms with Gasteiger partial charge in [-0.25, -0.2) is 0 Å². The standard InChI is InChI=1S/C25H33N7O4/c1-30-10-12-31(13-11-30)18-8-6-17(7-9-18)24(34)27-21(16-4-2-3-5-16)25(35)32-14-19(28-29-26)23-22(32)20(33)15-36-23/h6-9,16,19,21-23H,2-5,10-15H2,1H3,(H,27,34)/t19-,21-,22+,23+/m0/s1. The Bertz CT molecular complexity index is 1040. The summed E-state index contributed by atoms with van der Waals surface area (Å²) >= 11 is 0. The van der Waals surface area contributed by atoms with Gasteiger partial charge in [0.1, 0.15) is 18.7 Å². The second-order valence-electron chi connectivity index (χ2n) is 10.3. The van der Waals surface area contributed by atoms with Crippen LogP contribution in [0.4, 0.5) is 5.69 Å². The molecular weight excluding hydrogens is 462 g/mol. The topological polar surface area (TPSA) is 131 Å². The molecule has 0 spiro atoms. The van der Waals surface area contributed by atoms with E-state index in [4.69, 9.17) is 10.3 Å². The van der Waals surface area contributed by atoms with Crippen LogP contribution in [-0.2, 0) is 14.3 Å². The summed E-state index contributed by atoms with van der Waals surface area (Å²) in [6.07, 6.45) is 3.05. The molecule has 192 valence electrons. The summed E-state index contributed by atoms with van der Waals surface area (Å²) in [7, 11) is 2.11. The van der Waals surface area contributed by atoms with Crippen LogP contribution in [0.15, 0.2) is 29.4 Å². The number of hydrogen-bond acceptors (Lipinski definition) is 7. The van der Waals surface area contributed by atoms with Crippen LogP contribution in [0.25, 0.3) is 10.4 Å². The van der Waals surface area contributed by atoms with Crippen LogP contribution in [0.1, 0.15) is 36.0 Å². The predicted molar refractivity (Wildman–Crippen MR) is 133 cm³/mol. The van der Waals surface area contributed by atoms with E-state index in [1.54, 1.807) is 12.1 Å². The van der Waals surface area contributed by atoms with Crippen molar-refractivity contribution in [2.75, 3.05) is 51.3 Å². The highest BCUT2D eigenvalue weighted by Crippen LogP contribution is 2.34. The van der Waals surface area contributed by atoms with Crippen molar-refractivity contribution in [1.29, 1.82) is 0 Å². The van der Waals surface area contributed by atoms with Gasteiger partial charge in [0.2, 0.25) is 5.91 Å². The second-order valence-corrected chi connectivity index (χ2v) is 10.3. The molecule has 4 fully saturated rings. The fraction of sp³-hybridized carbons (Fsp3) is 0.640. The van der Waals surface area contributed by atoms with Crippen molar-refractivity contribution in [3.63, 3.8) is 0 Å². The SMILES string of the molecule is CN1CCN(c2ccc(C(=O)N[C@H](C(=O)N3C[C@H](N=[N+]=[N-])[C@H]4OCC(=O)[C@H]43)C3CCCC3)cc2)CC1. The Kier molecular flexibility index (Phi) is 7.13. The lowest BCUT2D eigenvalue weighted by Gasteiger charge is -2.34. The molecule has 11 nitrogen and oxygen atoms in total. The van der Waals surface area contributed by atoms with Crippen molar-refractivity contribution in [2.24, 2.45) is 11.0 Å². The lowest BCUT2D eigenvalue weighted by atomic mass is 9.95. The number of hydrogen-bond donors (Lipinski definition) is 1. The van der Waals surface area contributed by atoms with Crippen LogP contribution in [0.2, 0.25) is 0 Å². The summed E-state index contributed by atoms with van der Waals surface area (Å²) in [5, 5.41) is 6.76. The normalized spacial score (nSPS) is 27.6. The Labute approximate surface area is 210 Å². The van der Waals surface area contributed by atoms with E-state index < -0.39 is 24.2 Å². The number of nitrogens with one attached hydrogen (secondary N) is 1. The highest BCUT2D eigenvalue weighted by molar-refractivity contribution is 5.99. The third kappa shape index (κ3) is 4.78. The number of carbonyl (C=O) groups is 3. The fourth-order valence-corrected chi connectivity index (χ4v) is 5.99. The number of ether oxygens (including phenoxy) is 1. The average Bonchev–Trinajstić information content (AvgIpc) is 3.63. The van der Waals surface area contributed by atoms with E-state index in [1.807, 2.05) is 12.1 Å². The number of benzene rings is 1. The number of Topliss-reactive ketones (excluding diaryl/α,β-unsaturated/α-hetero) is 1. The lowest BCUT2D eigenvalue weighted by Crippen LogP contribution is -2.54. The van der Waals surface area contributed by atoms with Gasteiger partial charge in [0.15, 0.2) is 5.78 Å². The molecular formula is C25H33N7O4. The van der Waals surface area contributed by atoms with Gasteiger partial charge in [-0.15, -0.1) is 0 Å². The third-order valence-electron chi connectivity index (χ3n) is 8.06. The molecule has 5 rings (SSSR count). The average molecular weight is 496 g/mol. The molecule has 36 heavy (non-hydrogen) atoms. The third-order valence-corrected chi connectivity index (χ3v) is 8.06. The first-order valence-electron chi connectivity index (χ1n) is 12.8. The molecule has 0 bridgehead atoms. The number of amides is 2. The largest absolute Gasteiger partial charge is 0.369 e. The Balaban J connectivity index is 1.31. The van der Waals surface area contributed by atoms with E-state index in [0.29, 0.717) is 5.56 Å². The van der Waals surface area contributed by atoms with Crippen molar-refractivity contribution in [2.45, 2.75) is 49.9 Å². The first-order chi connectivity index (χ1) is 17.5. The van der Waals surface area contributed by atoms with Crippen LogP contribution in [0, 0.1) is 5.92 Å². The van der Waals surface area contributed by atoms with Crippen LogP contribution in [0.3, 0.4) is 0 Å². The van der Waals surface area contributed by atoms with Crippen molar-refractivity contribution in [3.8, 4) is 0 Å². The molecule has 3 heterocycles. The summed E-state index contributed by atoms with van der Waals surface area (Å²) < 4.78 is 5.56. The lowest BCUT2D eigenvalue weighted by molar-refractivity contribution is -0.139. The summed E-state index contributed by atoms with van der Waals surface area (Å²) in [5.74, 6) is -0.796. The van der Waals surface area contributed by atoms with E-state index in [0.717, 1.165) is 57.5 Å². The molecule has 11 heteroatoms. The first-order valence-corrected chi connectivity index (χ1v) is 12.8. The molecule has 1 N–H and O–H groups in total. The molecule has 3 saturated heterocycles. The van der Waals surface area contributed by atoms with Crippen molar-refractivity contribution in [1.82, 2.24) is 15.1 Å². The Morgan fingerprint density at radius 2 is 1.83 bits per heavy atom. The highest BCUT2D eigenvalue weighted by atomic mass is 16.5. The number of anilines is 1. The van der Waals surface area contributed by atoms with E-state index in [-0.39, 0.29) is 36.7 Å². The maximum absolute atomic E-state index is 13.8. The number of azide groups is 1. The summed E-state index contributed by atoms with van der Waals surface area (Å²) in [6.45, 7) is 3.90. The van der Waals surface area contributed by atoms with Crippen LogP contribution in [0.5, 0.6) is 0 Å². The number of carbonyl (C=O) groups excluding carboxylic acids is 3. The van der Waals surface area contributed by atoms with E-state index in [2.05, 4.69) is 32.2 Å². The second kappa shape index (κ2) is 10.5. The number of fused-ring (bicyclic) bond motifs is 1. The van der Waals surface area contributed by atoms with E-state index >= 15 is 0 Å². The molecule has 1 aliphatic carbocycles. The molecule has 4 atom stereocenters. The summed E-state index contributed by atoms with van der Waals surface area (Å²) in [4.78, 5) is 48.5. The first kappa shape index (κ1) is 24.5. The smallest absolute Gasteiger partial charge is 0.251 e. The molecule has 2 amide bonds. The van der Waals surface area contributed by atoms with Gasteiger partial charge in [-0.2, -0.15) is 0 Å². The summed E-state index contributed by atoms with van der Waals surface area (Å²) in [5.41, 5.74) is 10.5. The molecule has 0 radical (unpaired) electrons. The molecule has 1 saturated carbocycles. The minimum absolute atomic E-state index is 0.000421. The van der Waals surface area contributed by atoms with Crippen molar-refractivity contribution in [3.05, 3.63) is 40.3 Å². The molecule has 0 unspecified atom stereocenters. The molecule has 3 aliphatic heterocycles. The highest BCUT2D eigenvalue weighted by Gasteiger charge is 2.53. The Morgan fingerprint density at radius 1 is 1.14 bits per heavy atom. The number of ketones is 1. The van der Waals surface area contributed by atoms with Crippen LogP contribution in [-0.4, -0.2) is 98.0 Å². The van der Waals surface area contributed by atoms with Gasteiger partial charge in [-0.05, 0) is 55.6 Å². The summed E-state index contributed by atoms with van der Waals surface area (Å²) in [6, 6.07) is 5.40. The van der Waals surface area contributed by atoms with Gasteiger partial charge in [-0.1, -0.05) is 18.0 Å². The molecule has 0 aromatic heterocycles. The molecule has 1 aromatic rings. The Morgan fingerprint density at radius 3 is 2.50 bits per heavy atom. The van der Waals surface area contributed by atoms with Gasteiger partial charge < -0.3 is 24.8 Å². The van der Waals surface area contributed by atoms with Gasteiger partial charge in [0.25, 0.3) is 5.91 Å². The van der Waals surface area contributed by atoms with Gasteiger partial charge >= 0.3 is 0 Å². The Hall–Kier alpha value is -3.14. The fourth-order valence-electron chi connectivity index (χ4n) is 5.99. The zero-order chi connectivity index (χ0) is 25.2. The minimum Gasteiger partial charge on any atom is -0.369 e. The van der Waals surface area contributed by atoms with E-state index in [1.165, 1.54) is 4.90 Å². The van der Waals surface area contributed by atoms with Gasteiger partial charge in [0, 0.05) is 48.9 Å². The maximum Gasteiger partial charge on any atom is 0.251 e. The predicted octanol–water partition coefficient (Wildman–Crippen LogP) is 1.58. The number of likely N-dealkylation sites (tertiary alicyclic amines) is 1. The van der Waals surface area contributed by atoms with E-state index in [9.17, 15) is 14.4 Å². The zero-order valence-corrected chi connectivity index (χ0v) is 20.6. The molecule has 1 aromatic carbocycles. The maximum atomic E-state index is 13.8. The number of likely N-dealkylation sites (N-methyl/N-ethyl adjacent to an activating group) is 1. The quantitative estimate of drug-likeness (QED) is 0.362. The van der Waals surface area contributed by atoms with Crippen LogP contribution >= 0.6 is 0 Å². The number of rotatable bonds is 6. The van der Waals surface area contributed by atoms with Gasteiger partial charge in [0.05, 0.1) is 12.1 Å². The minimum atomic E-state index is -0.767. The zero-order valence-electron chi connectivity index (χ0n) is 20.6. The van der Waals surface area contributed by atoms with Crippen LogP contribution < -0.4 is 10.2 Å².